The molecule has 0 aliphatic heterocycles. The predicted molar refractivity (Wildman–Crippen MR) is 72.7 cm³/mol. The van der Waals surface area contributed by atoms with Crippen LogP contribution in [-0.2, 0) is 9.53 Å². The van der Waals surface area contributed by atoms with Crippen LogP contribution in [0.3, 0.4) is 0 Å². The molecule has 0 heterocycles. The van der Waals surface area contributed by atoms with Gasteiger partial charge >= 0.3 is 5.97 Å². The van der Waals surface area contributed by atoms with Gasteiger partial charge in [-0.2, -0.15) is 0 Å². The fourth-order valence-electron chi connectivity index (χ4n) is 1.78. The van der Waals surface area contributed by atoms with Crippen LogP contribution in [0.5, 0.6) is 0 Å². The average Bonchev–Trinajstić information content (AvgIpc) is 2.22. The van der Waals surface area contributed by atoms with Crippen LogP contribution >= 0.6 is 0 Å². The Morgan fingerprint density at radius 2 is 1.65 bits per heavy atom. The molecule has 0 aromatic rings. The number of hydrogen-bond donors (Lipinski definition) is 0. The molecular formula is C15H24O2. The second kappa shape index (κ2) is 6.43. The molecule has 0 aromatic carbocycles. The van der Waals surface area contributed by atoms with Gasteiger partial charge in [-0.25, -0.2) is 0 Å². The molecule has 2 heteroatoms. The Kier molecular flexibility index (Phi) is 5.94. The van der Waals surface area contributed by atoms with Crippen LogP contribution in [-0.4, -0.2) is 13.1 Å². The minimum Gasteiger partial charge on any atom is -0.469 e. The molecule has 96 valence electrons. The Hall–Kier alpha value is -1.31. The van der Waals surface area contributed by atoms with E-state index in [1.54, 1.807) is 0 Å². The van der Waals surface area contributed by atoms with E-state index in [1.807, 2.05) is 27.7 Å². The highest BCUT2D eigenvalue weighted by atomic mass is 16.5. The molecule has 0 unspecified atom stereocenters. The van der Waals surface area contributed by atoms with Crippen molar-refractivity contribution in [2.75, 3.05) is 7.11 Å². The van der Waals surface area contributed by atoms with Gasteiger partial charge in [0, 0.05) is 5.41 Å². The van der Waals surface area contributed by atoms with Crippen LogP contribution in [0.25, 0.3) is 0 Å². The lowest BCUT2D eigenvalue weighted by Gasteiger charge is -2.33. The summed E-state index contributed by atoms with van der Waals surface area (Å²) in [4.78, 5) is 11.6. The van der Waals surface area contributed by atoms with E-state index in [9.17, 15) is 4.79 Å². The summed E-state index contributed by atoms with van der Waals surface area (Å²) in [6.45, 7) is 16.0. The van der Waals surface area contributed by atoms with Crippen LogP contribution < -0.4 is 0 Å². The summed E-state index contributed by atoms with van der Waals surface area (Å²) in [7, 11) is 1.41. The molecule has 2 nitrogen and oxygen atoms in total. The monoisotopic (exact) mass is 236 g/mol. The van der Waals surface area contributed by atoms with Gasteiger partial charge in [-0.1, -0.05) is 36.0 Å². The van der Waals surface area contributed by atoms with Crippen LogP contribution in [0.15, 0.2) is 36.0 Å². The summed E-state index contributed by atoms with van der Waals surface area (Å²) in [5.41, 5.74) is 2.74. The third kappa shape index (κ3) is 4.22. The normalized spacial score (nSPS) is 10.6. The van der Waals surface area contributed by atoms with Crippen LogP contribution in [0.1, 0.15) is 40.5 Å². The fraction of sp³-hybridized carbons (Fsp3) is 0.533. The van der Waals surface area contributed by atoms with E-state index in [-0.39, 0.29) is 11.4 Å². The number of allylic oxidation sites excluding steroid dienone is 4. The highest BCUT2D eigenvalue weighted by molar-refractivity contribution is 5.71. The molecule has 0 spiro atoms. The van der Waals surface area contributed by atoms with Crippen LogP contribution in [0.2, 0.25) is 0 Å². The first-order valence-electron chi connectivity index (χ1n) is 5.78. The van der Waals surface area contributed by atoms with Gasteiger partial charge in [-0.3, -0.25) is 4.79 Å². The Balaban J connectivity index is 5.28. The van der Waals surface area contributed by atoms with E-state index in [1.165, 1.54) is 12.7 Å². The van der Waals surface area contributed by atoms with Gasteiger partial charge in [-0.15, -0.1) is 0 Å². The minimum atomic E-state index is -0.385. The first kappa shape index (κ1) is 15.7. The molecule has 0 saturated carbocycles. The largest absolute Gasteiger partial charge is 0.469 e. The Bertz CT molecular complexity index is 330. The molecule has 0 aliphatic rings. The molecular weight excluding hydrogens is 212 g/mol. The Morgan fingerprint density at radius 3 is 1.94 bits per heavy atom. The topological polar surface area (TPSA) is 26.3 Å². The zero-order chi connectivity index (χ0) is 13.6. The number of carbonyl (C=O) groups excluding carboxylic acids is 1. The molecule has 0 atom stereocenters. The van der Waals surface area contributed by atoms with E-state index in [0.29, 0.717) is 6.42 Å². The minimum absolute atomic E-state index is 0.224. The first-order valence-corrected chi connectivity index (χ1v) is 5.78. The molecule has 0 aromatic heterocycles. The van der Waals surface area contributed by atoms with Crippen LogP contribution in [0.4, 0.5) is 0 Å². The lowest BCUT2D eigenvalue weighted by Crippen LogP contribution is -2.27. The highest BCUT2D eigenvalue weighted by Crippen LogP contribution is 2.41. The van der Waals surface area contributed by atoms with E-state index in [4.69, 9.17) is 4.74 Å². The standard InChI is InChI=1S/C15H24O2/c1-11(2)8-9-15(12(3)4,13(5)6)10-14(16)17-7/h8H,3,5,9-10H2,1-2,4,6-7H3. The molecule has 0 fully saturated rings. The van der Waals surface area contributed by atoms with Gasteiger partial charge in [0.15, 0.2) is 0 Å². The maximum Gasteiger partial charge on any atom is 0.306 e. The molecule has 0 radical (unpaired) electrons. The zero-order valence-electron chi connectivity index (χ0n) is 11.7. The predicted octanol–water partition coefficient (Wildman–Crippen LogP) is 4.04. The van der Waals surface area contributed by atoms with Gasteiger partial charge in [0.05, 0.1) is 13.5 Å². The maximum absolute atomic E-state index is 11.6. The van der Waals surface area contributed by atoms with Crippen molar-refractivity contribution in [2.45, 2.75) is 40.5 Å². The van der Waals surface area contributed by atoms with Crippen molar-refractivity contribution < 1.29 is 9.53 Å². The smallest absolute Gasteiger partial charge is 0.306 e. The number of methoxy groups -OCH3 is 1. The summed E-state index contributed by atoms with van der Waals surface area (Å²) in [6.07, 6.45) is 3.17. The summed E-state index contributed by atoms with van der Waals surface area (Å²) >= 11 is 0. The molecule has 0 aliphatic carbocycles. The third-order valence-corrected chi connectivity index (χ3v) is 3.17. The molecule has 0 N–H and O–H groups in total. The van der Waals surface area contributed by atoms with Crippen molar-refractivity contribution in [1.82, 2.24) is 0 Å². The fourth-order valence-corrected chi connectivity index (χ4v) is 1.78. The number of hydrogen-bond acceptors (Lipinski definition) is 2. The first-order chi connectivity index (χ1) is 7.76. The van der Waals surface area contributed by atoms with Crippen molar-refractivity contribution in [3.63, 3.8) is 0 Å². The van der Waals surface area contributed by atoms with Gasteiger partial charge in [0.2, 0.25) is 0 Å². The van der Waals surface area contributed by atoms with Crippen molar-refractivity contribution in [3.05, 3.63) is 36.0 Å². The Labute approximate surface area is 105 Å². The van der Waals surface area contributed by atoms with Crippen molar-refractivity contribution in [1.29, 1.82) is 0 Å². The molecule has 0 bridgehead atoms. The number of rotatable bonds is 6. The number of ether oxygens (including phenoxy) is 1. The van der Waals surface area contributed by atoms with Crippen molar-refractivity contribution in [2.24, 2.45) is 5.41 Å². The summed E-state index contributed by atoms with van der Waals surface area (Å²) in [5, 5.41) is 0. The van der Waals surface area contributed by atoms with E-state index in [0.717, 1.165) is 17.6 Å². The van der Waals surface area contributed by atoms with E-state index in [2.05, 4.69) is 19.2 Å². The maximum atomic E-state index is 11.6. The number of carbonyl (C=O) groups is 1. The quantitative estimate of drug-likeness (QED) is 0.514. The van der Waals surface area contributed by atoms with Gasteiger partial charge in [-0.05, 0) is 34.1 Å². The van der Waals surface area contributed by atoms with E-state index < -0.39 is 0 Å². The third-order valence-electron chi connectivity index (χ3n) is 3.17. The second-order valence-electron chi connectivity index (χ2n) is 4.88. The van der Waals surface area contributed by atoms with Crippen molar-refractivity contribution in [3.8, 4) is 0 Å². The zero-order valence-corrected chi connectivity index (χ0v) is 11.7. The average molecular weight is 236 g/mol. The Morgan fingerprint density at radius 1 is 1.18 bits per heavy atom. The van der Waals surface area contributed by atoms with Gasteiger partial charge in [0.1, 0.15) is 0 Å². The molecule has 17 heavy (non-hydrogen) atoms. The molecule has 0 amide bonds. The van der Waals surface area contributed by atoms with Crippen molar-refractivity contribution >= 4 is 5.97 Å². The highest BCUT2D eigenvalue weighted by Gasteiger charge is 2.34. The van der Waals surface area contributed by atoms with Crippen LogP contribution in [0, 0.1) is 5.41 Å². The molecule has 0 rings (SSSR count). The lowest BCUT2D eigenvalue weighted by molar-refractivity contribution is -0.142. The van der Waals surface area contributed by atoms with Gasteiger partial charge < -0.3 is 4.74 Å². The van der Waals surface area contributed by atoms with Gasteiger partial charge in [0.25, 0.3) is 0 Å². The summed E-state index contributed by atoms with van der Waals surface area (Å²) in [6, 6.07) is 0. The summed E-state index contributed by atoms with van der Waals surface area (Å²) < 4.78 is 4.77. The summed E-state index contributed by atoms with van der Waals surface area (Å²) in [5.74, 6) is -0.224. The number of esters is 1. The second-order valence-corrected chi connectivity index (χ2v) is 4.88. The molecule has 0 saturated heterocycles. The lowest BCUT2D eigenvalue weighted by atomic mass is 9.70. The van der Waals surface area contributed by atoms with E-state index >= 15 is 0 Å². The SMILES string of the molecule is C=C(C)C(CC=C(C)C)(CC(=O)OC)C(=C)C.